The number of para-hydroxylation sites is 1. The number of rotatable bonds is 8. The third-order valence-corrected chi connectivity index (χ3v) is 6.05. The van der Waals surface area contributed by atoms with Crippen molar-refractivity contribution in [1.29, 1.82) is 0 Å². The van der Waals surface area contributed by atoms with Crippen LogP contribution in [0.15, 0.2) is 35.5 Å². The largest absolute Gasteiger partial charge is 0.466 e. The van der Waals surface area contributed by atoms with Crippen molar-refractivity contribution in [2.75, 3.05) is 24.3 Å². The van der Waals surface area contributed by atoms with E-state index in [4.69, 9.17) is 4.74 Å². The van der Waals surface area contributed by atoms with Gasteiger partial charge in [-0.2, -0.15) is 0 Å². The van der Waals surface area contributed by atoms with Crippen molar-refractivity contribution < 1.29 is 14.3 Å². The number of hydrogen-bond donors (Lipinski definition) is 0. The fourth-order valence-electron chi connectivity index (χ4n) is 3.59. The maximum absolute atomic E-state index is 12.6. The number of amides is 1. The highest BCUT2D eigenvalue weighted by atomic mass is 32.2. The van der Waals surface area contributed by atoms with Crippen molar-refractivity contribution in [2.24, 2.45) is 0 Å². The van der Waals surface area contributed by atoms with E-state index in [2.05, 4.69) is 14.8 Å². The standard InChI is InChI=1S/C21H28N4O3S/c1-3-28-20(27)14-18-22-23-21(25(18)17-12-8-5-9-13-17)29-15-19(26)24(2)16-10-6-4-7-11-16/h4,6-7,10-11,17H,3,5,8-9,12-15H2,1-2H3. The molecule has 156 valence electrons. The molecule has 1 amide bonds. The van der Waals surface area contributed by atoms with Gasteiger partial charge in [-0.3, -0.25) is 9.59 Å². The van der Waals surface area contributed by atoms with Crippen molar-refractivity contribution in [3.8, 4) is 0 Å². The van der Waals surface area contributed by atoms with E-state index in [1.165, 1.54) is 18.2 Å². The summed E-state index contributed by atoms with van der Waals surface area (Å²) in [4.78, 5) is 26.3. The van der Waals surface area contributed by atoms with Crippen molar-refractivity contribution >= 4 is 29.3 Å². The number of benzene rings is 1. The quantitative estimate of drug-likeness (QED) is 0.483. The first kappa shape index (κ1) is 21.4. The zero-order valence-electron chi connectivity index (χ0n) is 17.0. The van der Waals surface area contributed by atoms with E-state index < -0.39 is 0 Å². The SMILES string of the molecule is CCOC(=O)Cc1nnc(SCC(=O)N(C)c2ccccc2)n1C1CCCCC1. The maximum Gasteiger partial charge on any atom is 0.313 e. The summed E-state index contributed by atoms with van der Waals surface area (Å²) in [5, 5.41) is 9.27. The fraction of sp³-hybridized carbons (Fsp3) is 0.524. The van der Waals surface area contributed by atoms with Crippen LogP contribution in [0.1, 0.15) is 50.9 Å². The van der Waals surface area contributed by atoms with E-state index in [0.717, 1.165) is 31.4 Å². The lowest BCUT2D eigenvalue weighted by atomic mass is 9.95. The summed E-state index contributed by atoms with van der Waals surface area (Å²) in [6.45, 7) is 2.14. The molecule has 1 saturated carbocycles. The molecule has 0 atom stereocenters. The molecule has 1 fully saturated rings. The first-order valence-corrected chi connectivity index (χ1v) is 11.1. The van der Waals surface area contributed by atoms with Crippen LogP contribution in [0.5, 0.6) is 0 Å². The minimum atomic E-state index is -0.298. The Bertz CT molecular complexity index is 819. The maximum atomic E-state index is 12.6. The first-order valence-electron chi connectivity index (χ1n) is 10.1. The summed E-state index contributed by atoms with van der Waals surface area (Å²) in [7, 11) is 1.77. The molecule has 3 rings (SSSR count). The van der Waals surface area contributed by atoms with Gasteiger partial charge in [0, 0.05) is 18.8 Å². The Morgan fingerprint density at radius 3 is 2.59 bits per heavy atom. The van der Waals surface area contributed by atoms with Gasteiger partial charge < -0.3 is 14.2 Å². The second-order valence-corrected chi connectivity index (χ2v) is 8.06. The Kier molecular flexibility index (Phi) is 7.69. The first-order chi connectivity index (χ1) is 14.1. The Balaban J connectivity index is 1.73. The number of anilines is 1. The summed E-state index contributed by atoms with van der Waals surface area (Å²) in [6.07, 6.45) is 5.73. The minimum absolute atomic E-state index is 0.00802. The molecular weight excluding hydrogens is 388 g/mol. The topological polar surface area (TPSA) is 77.3 Å². The summed E-state index contributed by atoms with van der Waals surface area (Å²) in [5.74, 6) is 0.580. The van der Waals surface area contributed by atoms with Crippen LogP contribution in [-0.4, -0.2) is 46.0 Å². The van der Waals surface area contributed by atoms with Gasteiger partial charge in [-0.15, -0.1) is 10.2 Å². The lowest BCUT2D eigenvalue weighted by molar-refractivity contribution is -0.142. The fourth-order valence-corrected chi connectivity index (χ4v) is 4.53. The van der Waals surface area contributed by atoms with Gasteiger partial charge in [0.1, 0.15) is 12.2 Å². The highest BCUT2D eigenvalue weighted by Gasteiger charge is 2.25. The molecule has 1 aliphatic rings. The highest BCUT2D eigenvalue weighted by Crippen LogP contribution is 2.33. The number of carbonyl (C=O) groups excluding carboxylic acids is 2. The molecule has 29 heavy (non-hydrogen) atoms. The molecular formula is C21H28N4O3S. The van der Waals surface area contributed by atoms with E-state index >= 15 is 0 Å². The normalized spacial score (nSPS) is 14.6. The van der Waals surface area contributed by atoms with Crippen molar-refractivity contribution in [1.82, 2.24) is 14.8 Å². The molecule has 2 aromatic rings. The third kappa shape index (κ3) is 5.59. The molecule has 1 aliphatic carbocycles. The number of ether oxygens (including phenoxy) is 1. The number of nitrogens with zero attached hydrogens (tertiary/aromatic N) is 4. The average molecular weight is 417 g/mol. The molecule has 7 nitrogen and oxygen atoms in total. The van der Waals surface area contributed by atoms with Crippen LogP contribution < -0.4 is 4.90 Å². The Morgan fingerprint density at radius 2 is 1.90 bits per heavy atom. The predicted octanol–water partition coefficient (Wildman–Crippen LogP) is 3.64. The summed E-state index contributed by atoms with van der Waals surface area (Å²) in [6, 6.07) is 9.83. The Labute approximate surface area is 175 Å². The molecule has 0 N–H and O–H groups in total. The van der Waals surface area contributed by atoms with Gasteiger partial charge >= 0.3 is 5.97 Å². The van der Waals surface area contributed by atoms with Crippen LogP contribution in [0.3, 0.4) is 0 Å². The Morgan fingerprint density at radius 1 is 1.17 bits per heavy atom. The summed E-state index contributed by atoms with van der Waals surface area (Å²) < 4.78 is 7.15. The zero-order chi connectivity index (χ0) is 20.6. The van der Waals surface area contributed by atoms with E-state index in [0.29, 0.717) is 17.6 Å². The van der Waals surface area contributed by atoms with Crippen LogP contribution >= 0.6 is 11.8 Å². The monoisotopic (exact) mass is 416 g/mol. The Hall–Kier alpha value is -2.35. The molecule has 1 heterocycles. The van der Waals surface area contributed by atoms with Gasteiger partial charge in [-0.05, 0) is 31.9 Å². The lowest BCUT2D eigenvalue weighted by Gasteiger charge is -2.25. The van der Waals surface area contributed by atoms with Crippen LogP contribution in [0.25, 0.3) is 0 Å². The lowest BCUT2D eigenvalue weighted by Crippen LogP contribution is -2.28. The molecule has 0 aliphatic heterocycles. The van der Waals surface area contributed by atoms with Crippen molar-refractivity contribution in [3.05, 3.63) is 36.2 Å². The highest BCUT2D eigenvalue weighted by molar-refractivity contribution is 7.99. The van der Waals surface area contributed by atoms with E-state index in [-0.39, 0.29) is 30.1 Å². The van der Waals surface area contributed by atoms with Crippen molar-refractivity contribution in [2.45, 2.75) is 56.6 Å². The van der Waals surface area contributed by atoms with Gasteiger partial charge in [0.05, 0.1) is 12.4 Å². The predicted molar refractivity (Wildman–Crippen MR) is 113 cm³/mol. The number of aromatic nitrogens is 3. The zero-order valence-corrected chi connectivity index (χ0v) is 17.9. The molecule has 0 bridgehead atoms. The molecule has 8 heteroatoms. The smallest absolute Gasteiger partial charge is 0.313 e. The molecule has 1 aromatic carbocycles. The number of carbonyl (C=O) groups is 2. The molecule has 0 spiro atoms. The van der Waals surface area contributed by atoms with Gasteiger partial charge in [-0.25, -0.2) is 0 Å². The van der Waals surface area contributed by atoms with Crippen LogP contribution in [0.2, 0.25) is 0 Å². The second kappa shape index (κ2) is 10.4. The second-order valence-electron chi connectivity index (χ2n) is 7.12. The van der Waals surface area contributed by atoms with Gasteiger partial charge in [0.15, 0.2) is 5.16 Å². The van der Waals surface area contributed by atoms with Crippen molar-refractivity contribution in [3.63, 3.8) is 0 Å². The molecule has 0 saturated heterocycles. The van der Waals surface area contributed by atoms with E-state index in [1.54, 1.807) is 18.9 Å². The van der Waals surface area contributed by atoms with Gasteiger partial charge in [0.2, 0.25) is 5.91 Å². The van der Waals surface area contributed by atoms with Crippen LogP contribution in [0.4, 0.5) is 5.69 Å². The minimum Gasteiger partial charge on any atom is -0.466 e. The average Bonchev–Trinajstić information content (AvgIpc) is 3.15. The van der Waals surface area contributed by atoms with Gasteiger partial charge in [0.25, 0.3) is 0 Å². The third-order valence-electron chi connectivity index (χ3n) is 5.13. The van der Waals surface area contributed by atoms with E-state index in [9.17, 15) is 9.59 Å². The molecule has 0 radical (unpaired) electrons. The summed E-state index contributed by atoms with van der Waals surface area (Å²) in [5.41, 5.74) is 0.856. The number of hydrogen-bond acceptors (Lipinski definition) is 6. The molecule has 0 unspecified atom stereocenters. The van der Waals surface area contributed by atoms with Gasteiger partial charge in [-0.1, -0.05) is 49.2 Å². The van der Waals surface area contributed by atoms with Crippen LogP contribution in [0, 0.1) is 0 Å². The summed E-state index contributed by atoms with van der Waals surface area (Å²) >= 11 is 1.38. The number of esters is 1. The molecule has 1 aromatic heterocycles. The van der Waals surface area contributed by atoms with E-state index in [1.807, 2.05) is 30.3 Å². The van der Waals surface area contributed by atoms with Crippen LogP contribution in [-0.2, 0) is 20.7 Å². The number of thioether (sulfide) groups is 1.